The van der Waals surface area contributed by atoms with Gasteiger partial charge in [0.15, 0.2) is 6.17 Å². The van der Waals surface area contributed by atoms with Crippen molar-refractivity contribution in [3.05, 3.63) is 53.7 Å². The third kappa shape index (κ3) is 4.60. The van der Waals surface area contributed by atoms with Gasteiger partial charge >= 0.3 is 0 Å². The Balaban J connectivity index is 1.64. The van der Waals surface area contributed by atoms with Crippen molar-refractivity contribution in [3.8, 4) is 29.5 Å². The number of carbonyl (C=O) groups excluding carboxylic acids is 1. The zero-order valence-corrected chi connectivity index (χ0v) is 18.7. The maximum atomic E-state index is 14.1. The van der Waals surface area contributed by atoms with Crippen LogP contribution in [0.2, 0.25) is 0 Å². The van der Waals surface area contributed by atoms with Crippen LogP contribution in [0.5, 0.6) is 11.6 Å². The van der Waals surface area contributed by atoms with Crippen LogP contribution >= 0.6 is 0 Å². The number of pyridine rings is 1. The van der Waals surface area contributed by atoms with Crippen LogP contribution in [0.1, 0.15) is 36.5 Å². The van der Waals surface area contributed by atoms with Gasteiger partial charge in [-0.15, -0.1) is 0 Å². The first-order valence-corrected chi connectivity index (χ1v) is 10.8. The minimum absolute atomic E-state index is 0.227. The van der Waals surface area contributed by atoms with Crippen molar-refractivity contribution >= 4 is 16.7 Å². The Labute approximate surface area is 196 Å². The molecule has 1 fully saturated rings. The number of alkyl halides is 1. The lowest BCUT2D eigenvalue weighted by molar-refractivity contribution is -0.123. The highest BCUT2D eigenvalue weighted by Crippen LogP contribution is 2.33. The number of rotatable bonds is 6. The topological polar surface area (TPSA) is 110 Å². The summed E-state index contributed by atoms with van der Waals surface area (Å²) < 4.78 is 25.4. The summed E-state index contributed by atoms with van der Waals surface area (Å²) in [6, 6.07) is 5.21. The zero-order valence-electron chi connectivity index (χ0n) is 18.7. The summed E-state index contributed by atoms with van der Waals surface area (Å²) in [4.78, 5) is 24.0. The molecule has 2 aromatic heterocycles. The standard InChI is InChI=1S/C25H22FN5O3/c1-3-18-21(31-24(32)23(18)26)6-7-34-25-20-9-22(33-2)17(10-27)8-19(20)16(13-30-25)5-4-15-11-28-14-29-12-15/h8-9,11-14,18,21,23H,3,6-7H2,1-2H3,(H,31,32)/t18-,21+,23-/m0/s1. The molecule has 4 rings (SSSR count). The van der Waals surface area contributed by atoms with Crippen LogP contribution < -0.4 is 14.8 Å². The van der Waals surface area contributed by atoms with Gasteiger partial charge in [0.05, 0.1) is 30.4 Å². The van der Waals surface area contributed by atoms with Crippen LogP contribution in [-0.2, 0) is 4.79 Å². The smallest absolute Gasteiger partial charge is 0.255 e. The molecule has 3 heterocycles. The van der Waals surface area contributed by atoms with Crippen molar-refractivity contribution in [2.75, 3.05) is 13.7 Å². The Hall–Kier alpha value is -4.24. The minimum atomic E-state index is -1.49. The summed E-state index contributed by atoms with van der Waals surface area (Å²) in [6.07, 6.45) is 5.71. The molecular weight excluding hydrogens is 437 g/mol. The van der Waals surface area contributed by atoms with Crippen LogP contribution in [0.25, 0.3) is 10.8 Å². The van der Waals surface area contributed by atoms with Crippen molar-refractivity contribution in [1.82, 2.24) is 20.3 Å². The number of aromatic nitrogens is 3. The first kappa shape index (κ1) is 22.9. The molecule has 0 aliphatic carbocycles. The van der Waals surface area contributed by atoms with E-state index in [0.29, 0.717) is 51.9 Å². The van der Waals surface area contributed by atoms with Crippen LogP contribution in [0, 0.1) is 29.1 Å². The molecule has 34 heavy (non-hydrogen) atoms. The van der Waals surface area contributed by atoms with Crippen LogP contribution in [0.4, 0.5) is 4.39 Å². The molecule has 1 aliphatic rings. The molecule has 0 bridgehead atoms. The van der Waals surface area contributed by atoms with E-state index in [1.54, 1.807) is 30.7 Å². The highest BCUT2D eigenvalue weighted by atomic mass is 19.1. The molecule has 0 unspecified atom stereocenters. The molecule has 1 saturated heterocycles. The Morgan fingerprint density at radius 2 is 1.94 bits per heavy atom. The molecule has 3 atom stereocenters. The number of nitrogens with zero attached hydrogens (tertiary/aromatic N) is 4. The number of nitriles is 1. The van der Waals surface area contributed by atoms with E-state index >= 15 is 0 Å². The number of amides is 1. The van der Waals surface area contributed by atoms with E-state index in [9.17, 15) is 14.4 Å². The van der Waals surface area contributed by atoms with Crippen LogP contribution in [0.15, 0.2) is 37.1 Å². The predicted octanol–water partition coefficient (Wildman–Crippen LogP) is 2.94. The molecule has 3 aromatic rings. The van der Waals surface area contributed by atoms with Gasteiger partial charge in [0.1, 0.15) is 18.1 Å². The number of carbonyl (C=O) groups is 1. The summed E-state index contributed by atoms with van der Waals surface area (Å²) in [7, 11) is 1.48. The van der Waals surface area contributed by atoms with Crippen LogP contribution in [0.3, 0.4) is 0 Å². The molecule has 1 N–H and O–H groups in total. The Morgan fingerprint density at radius 3 is 2.65 bits per heavy atom. The van der Waals surface area contributed by atoms with E-state index in [-0.39, 0.29) is 18.6 Å². The minimum Gasteiger partial charge on any atom is -0.495 e. The highest BCUT2D eigenvalue weighted by molar-refractivity contribution is 5.94. The van der Waals surface area contributed by atoms with Gasteiger partial charge in [-0.2, -0.15) is 5.26 Å². The Morgan fingerprint density at radius 1 is 1.15 bits per heavy atom. The molecule has 9 heteroatoms. The summed E-state index contributed by atoms with van der Waals surface area (Å²) >= 11 is 0. The molecular formula is C25H22FN5O3. The average molecular weight is 459 g/mol. The van der Waals surface area contributed by atoms with E-state index in [2.05, 4.69) is 38.2 Å². The summed E-state index contributed by atoms with van der Waals surface area (Å²) in [5.74, 6) is 5.82. The largest absolute Gasteiger partial charge is 0.495 e. The van der Waals surface area contributed by atoms with E-state index in [1.807, 2.05) is 6.92 Å². The Bertz CT molecular complexity index is 1310. The number of hydrogen-bond donors (Lipinski definition) is 1. The lowest BCUT2D eigenvalue weighted by atomic mass is 9.94. The zero-order chi connectivity index (χ0) is 24.1. The monoisotopic (exact) mass is 459 g/mol. The van der Waals surface area contributed by atoms with Gasteiger partial charge in [0.25, 0.3) is 5.91 Å². The van der Waals surface area contributed by atoms with Gasteiger partial charge in [0.2, 0.25) is 5.88 Å². The van der Waals surface area contributed by atoms with Gasteiger partial charge in [-0.1, -0.05) is 18.8 Å². The quantitative estimate of drug-likeness (QED) is 0.565. The number of benzene rings is 1. The third-order valence-corrected chi connectivity index (χ3v) is 5.80. The van der Waals surface area contributed by atoms with Gasteiger partial charge in [-0.05, 0) is 18.6 Å². The Kier molecular flexibility index (Phi) is 6.84. The van der Waals surface area contributed by atoms with Crippen molar-refractivity contribution < 1.29 is 18.7 Å². The highest BCUT2D eigenvalue weighted by Gasteiger charge is 2.41. The van der Waals surface area contributed by atoms with E-state index in [0.717, 1.165) is 0 Å². The van der Waals surface area contributed by atoms with Gasteiger partial charge in [0, 0.05) is 47.7 Å². The summed E-state index contributed by atoms with van der Waals surface area (Å²) in [5.41, 5.74) is 1.59. The predicted molar refractivity (Wildman–Crippen MR) is 122 cm³/mol. The molecule has 1 aliphatic heterocycles. The second-order valence-electron chi connectivity index (χ2n) is 7.79. The lowest BCUT2D eigenvalue weighted by Crippen LogP contribution is -2.30. The molecule has 172 valence electrons. The number of nitrogens with one attached hydrogen (secondary N) is 1. The second-order valence-corrected chi connectivity index (χ2v) is 7.79. The molecule has 1 amide bonds. The lowest BCUT2D eigenvalue weighted by Gasteiger charge is -2.18. The second kappa shape index (κ2) is 10.1. The normalized spacial score (nSPS) is 19.1. The number of fused-ring (bicyclic) bond motifs is 1. The van der Waals surface area contributed by atoms with Crippen molar-refractivity contribution in [3.63, 3.8) is 0 Å². The number of halogens is 1. The van der Waals surface area contributed by atoms with E-state index < -0.39 is 12.1 Å². The number of methoxy groups -OCH3 is 1. The fourth-order valence-electron chi connectivity index (χ4n) is 4.04. The fourth-order valence-corrected chi connectivity index (χ4v) is 4.04. The molecule has 0 spiro atoms. The molecule has 0 saturated carbocycles. The van der Waals surface area contributed by atoms with E-state index in [4.69, 9.17) is 9.47 Å². The third-order valence-electron chi connectivity index (χ3n) is 5.80. The van der Waals surface area contributed by atoms with Crippen molar-refractivity contribution in [2.24, 2.45) is 5.92 Å². The van der Waals surface area contributed by atoms with E-state index in [1.165, 1.54) is 13.4 Å². The fraction of sp³-hybridized carbons (Fsp3) is 0.320. The maximum Gasteiger partial charge on any atom is 0.255 e. The summed E-state index contributed by atoms with van der Waals surface area (Å²) in [5, 5.41) is 13.5. The SMILES string of the molecule is CC[C@@H]1[C@H](F)C(=O)N[C@@H]1CCOc1ncc(C#Cc2cncnc2)c2cc(C#N)c(OC)cc12. The number of ether oxygens (including phenoxy) is 2. The number of hydrogen-bond acceptors (Lipinski definition) is 7. The molecule has 0 radical (unpaired) electrons. The van der Waals surface area contributed by atoms with Gasteiger partial charge < -0.3 is 14.8 Å². The average Bonchev–Trinajstić information content (AvgIpc) is 3.15. The molecule has 1 aromatic carbocycles. The first-order chi connectivity index (χ1) is 16.5. The molecule has 8 nitrogen and oxygen atoms in total. The van der Waals surface area contributed by atoms with Crippen molar-refractivity contribution in [1.29, 1.82) is 5.26 Å². The van der Waals surface area contributed by atoms with Gasteiger partial charge in [-0.3, -0.25) is 4.79 Å². The van der Waals surface area contributed by atoms with Crippen molar-refractivity contribution in [2.45, 2.75) is 32.0 Å². The first-order valence-electron chi connectivity index (χ1n) is 10.8. The van der Waals surface area contributed by atoms with Crippen LogP contribution in [-0.4, -0.2) is 46.8 Å². The summed E-state index contributed by atoms with van der Waals surface area (Å²) in [6.45, 7) is 2.09. The van der Waals surface area contributed by atoms with Gasteiger partial charge in [-0.25, -0.2) is 19.3 Å². The maximum absolute atomic E-state index is 14.1.